The summed E-state index contributed by atoms with van der Waals surface area (Å²) in [5.74, 6) is -1.10. The summed E-state index contributed by atoms with van der Waals surface area (Å²) in [7, 11) is 0. The van der Waals surface area contributed by atoms with Crippen molar-refractivity contribution < 1.29 is 19.5 Å². The quantitative estimate of drug-likeness (QED) is 0.907. The Balaban J connectivity index is 2.04. The molecule has 2 heterocycles. The molecule has 2 aliphatic rings. The van der Waals surface area contributed by atoms with Gasteiger partial charge < -0.3 is 10.0 Å². The molecule has 0 unspecified atom stereocenters. The number of amides is 1. The molecule has 1 atom stereocenters. The van der Waals surface area contributed by atoms with Crippen molar-refractivity contribution in [3.8, 4) is 0 Å². The van der Waals surface area contributed by atoms with E-state index in [1.54, 1.807) is 17.0 Å². The summed E-state index contributed by atoms with van der Waals surface area (Å²) in [6, 6.07) is 7.26. The number of carbonyl (C=O) groups is 3. The van der Waals surface area contributed by atoms with Gasteiger partial charge in [0.25, 0.3) is 0 Å². The number of nitrogens with zero attached hydrogens (tertiary/aromatic N) is 1. The van der Waals surface area contributed by atoms with Crippen LogP contribution < -0.4 is 0 Å². The fraction of sp³-hybridized carbons (Fsp3) is 0.400. The number of fused-ring (bicyclic) bond motifs is 2. The number of hydrogen-bond donors (Lipinski definition) is 1. The second kappa shape index (κ2) is 4.44. The van der Waals surface area contributed by atoms with E-state index in [1.165, 1.54) is 0 Å². The van der Waals surface area contributed by atoms with E-state index in [9.17, 15) is 14.4 Å². The summed E-state index contributed by atoms with van der Waals surface area (Å²) in [6.45, 7) is 0.403. The highest BCUT2D eigenvalue weighted by Gasteiger charge is 2.53. The maximum atomic E-state index is 12.8. The molecule has 0 aliphatic carbocycles. The van der Waals surface area contributed by atoms with Gasteiger partial charge in [-0.15, -0.1) is 0 Å². The van der Waals surface area contributed by atoms with Crippen molar-refractivity contribution in [2.24, 2.45) is 0 Å². The Hall–Kier alpha value is -2.17. The molecule has 0 bridgehead atoms. The summed E-state index contributed by atoms with van der Waals surface area (Å²) in [5, 5.41) is 8.89. The molecular formula is C15H15NO4. The molecule has 1 saturated heterocycles. The van der Waals surface area contributed by atoms with Gasteiger partial charge in [-0.3, -0.25) is 14.4 Å². The second-order valence-corrected chi connectivity index (χ2v) is 5.39. The molecule has 104 valence electrons. The van der Waals surface area contributed by atoms with Gasteiger partial charge in [-0.25, -0.2) is 0 Å². The van der Waals surface area contributed by atoms with Gasteiger partial charge in [0, 0.05) is 24.9 Å². The zero-order valence-corrected chi connectivity index (χ0v) is 11.0. The van der Waals surface area contributed by atoms with Crippen LogP contribution in [-0.4, -0.2) is 33.2 Å². The number of benzene rings is 1. The third-order valence-electron chi connectivity index (χ3n) is 4.34. The first-order valence-corrected chi connectivity index (χ1v) is 6.69. The van der Waals surface area contributed by atoms with Crippen molar-refractivity contribution in [2.75, 3.05) is 0 Å². The van der Waals surface area contributed by atoms with Crippen LogP contribution in [0.5, 0.6) is 0 Å². The summed E-state index contributed by atoms with van der Waals surface area (Å²) in [5.41, 5.74) is 0.534. The van der Waals surface area contributed by atoms with Gasteiger partial charge in [-0.05, 0) is 18.4 Å². The minimum absolute atomic E-state index is 0.0572. The van der Waals surface area contributed by atoms with Crippen LogP contribution in [0.25, 0.3) is 0 Å². The Morgan fingerprint density at radius 1 is 1.30 bits per heavy atom. The molecule has 20 heavy (non-hydrogen) atoms. The fourth-order valence-corrected chi connectivity index (χ4v) is 3.29. The van der Waals surface area contributed by atoms with Crippen LogP contribution >= 0.6 is 0 Å². The van der Waals surface area contributed by atoms with Crippen LogP contribution in [0.3, 0.4) is 0 Å². The largest absolute Gasteiger partial charge is 0.481 e. The van der Waals surface area contributed by atoms with Crippen molar-refractivity contribution in [3.63, 3.8) is 0 Å². The fourth-order valence-electron chi connectivity index (χ4n) is 3.29. The Bertz CT molecular complexity index is 610. The number of ketones is 1. The summed E-state index contributed by atoms with van der Waals surface area (Å²) < 4.78 is 0. The summed E-state index contributed by atoms with van der Waals surface area (Å²) in [4.78, 5) is 37.3. The Kier molecular flexibility index (Phi) is 2.85. The number of carboxylic acids is 1. The van der Waals surface area contributed by atoms with E-state index in [0.29, 0.717) is 24.9 Å². The average molecular weight is 273 g/mol. The molecule has 1 N–H and O–H groups in total. The molecule has 5 nitrogen and oxygen atoms in total. The maximum Gasteiger partial charge on any atom is 0.303 e. The van der Waals surface area contributed by atoms with Gasteiger partial charge >= 0.3 is 5.97 Å². The molecule has 1 fully saturated rings. The van der Waals surface area contributed by atoms with E-state index in [1.807, 2.05) is 12.1 Å². The molecule has 0 aromatic heterocycles. The van der Waals surface area contributed by atoms with Crippen LogP contribution in [0.1, 0.15) is 41.6 Å². The van der Waals surface area contributed by atoms with E-state index in [-0.39, 0.29) is 24.5 Å². The number of rotatable bonds is 3. The first-order chi connectivity index (χ1) is 9.54. The SMILES string of the molecule is O=C(O)CC[C@@]12CCC(=O)N1Cc1ccccc1C2=O. The number of carbonyl (C=O) groups excluding carboxylic acids is 2. The molecule has 1 aromatic carbocycles. The number of hydrogen-bond acceptors (Lipinski definition) is 3. The van der Waals surface area contributed by atoms with Gasteiger partial charge in [0.2, 0.25) is 5.91 Å². The lowest BCUT2D eigenvalue weighted by molar-refractivity contribution is -0.139. The maximum absolute atomic E-state index is 12.8. The van der Waals surface area contributed by atoms with Gasteiger partial charge in [-0.1, -0.05) is 24.3 Å². The van der Waals surface area contributed by atoms with Gasteiger partial charge in [0.05, 0.1) is 0 Å². The molecule has 0 saturated carbocycles. The minimum atomic E-state index is -0.941. The molecule has 0 spiro atoms. The van der Waals surface area contributed by atoms with Crippen molar-refractivity contribution in [1.82, 2.24) is 4.90 Å². The number of Topliss-reactive ketones (excluding diaryl/α,β-unsaturated/α-hetero) is 1. The van der Waals surface area contributed by atoms with Gasteiger partial charge in [0.1, 0.15) is 5.54 Å². The van der Waals surface area contributed by atoms with Crippen LogP contribution in [0.15, 0.2) is 24.3 Å². The lowest BCUT2D eigenvalue weighted by Crippen LogP contribution is -2.54. The van der Waals surface area contributed by atoms with E-state index >= 15 is 0 Å². The van der Waals surface area contributed by atoms with Crippen LogP contribution in [0, 0.1) is 0 Å². The predicted molar refractivity (Wildman–Crippen MR) is 70.2 cm³/mol. The van der Waals surface area contributed by atoms with Crippen molar-refractivity contribution >= 4 is 17.7 Å². The molecular weight excluding hydrogens is 258 g/mol. The van der Waals surface area contributed by atoms with Crippen LogP contribution in [-0.2, 0) is 16.1 Å². The van der Waals surface area contributed by atoms with E-state index in [4.69, 9.17) is 5.11 Å². The Morgan fingerprint density at radius 3 is 2.80 bits per heavy atom. The Morgan fingerprint density at radius 2 is 2.05 bits per heavy atom. The third kappa shape index (κ3) is 1.73. The molecule has 5 heteroatoms. The standard InChI is InChI=1S/C15H15NO4/c17-12-5-7-15(8-6-13(18)19)14(20)11-4-2-1-3-10(11)9-16(12)15/h1-4H,5-9H2,(H,18,19)/t15-/m1/s1. The molecule has 2 aliphatic heterocycles. The summed E-state index contributed by atoms with van der Waals surface area (Å²) >= 11 is 0. The lowest BCUT2D eigenvalue weighted by atomic mass is 9.78. The molecule has 1 amide bonds. The van der Waals surface area contributed by atoms with Crippen LogP contribution in [0.4, 0.5) is 0 Å². The molecule has 0 radical (unpaired) electrons. The molecule has 1 aromatic rings. The van der Waals surface area contributed by atoms with Crippen molar-refractivity contribution in [2.45, 2.75) is 37.8 Å². The van der Waals surface area contributed by atoms with Crippen molar-refractivity contribution in [3.05, 3.63) is 35.4 Å². The normalized spacial score (nSPS) is 24.5. The van der Waals surface area contributed by atoms with E-state index in [0.717, 1.165) is 5.56 Å². The van der Waals surface area contributed by atoms with Gasteiger partial charge in [0.15, 0.2) is 5.78 Å². The number of aliphatic carboxylic acids is 1. The third-order valence-corrected chi connectivity index (χ3v) is 4.34. The summed E-state index contributed by atoms with van der Waals surface area (Å²) in [6.07, 6.45) is 0.838. The minimum Gasteiger partial charge on any atom is -0.481 e. The monoisotopic (exact) mass is 273 g/mol. The predicted octanol–water partition coefficient (Wildman–Crippen LogP) is 1.61. The highest BCUT2D eigenvalue weighted by molar-refractivity contribution is 6.09. The number of carboxylic acid groups (broad SMARTS) is 1. The first-order valence-electron chi connectivity index (χ1n) is 6.69. The van der Waals surface area contributed by atoms with Crippen molar-refractivity contribution in [1.29, 1.82) is 0 Å². The zero-order valence-electron chi connectivity index (χ0n) is 11.0. The second-order valence-electron chi connectivity index (χ2n) is 5.39. The highest BCUT2D eigenvalue weighted by Crippen LogP contribution is 2.42. The van der Waals surface area contributed by atoms with Crippen LogP contribution in [0.2, 0.25) is 0 Å². The molecule has 3 rings (SSSR count). The average Bonchev–Trinajstić information content (AvgIpc) is 2.76. The zero-order chi connectivity index (χ0) is 14.3. The topological polar surface area (TPSA) is 74.7 Å². The van der Waals surface area contributed by atoms with Gasteiger partial charge in [-0.2, -0.15) is 0 Å². The highest BCUT2D eigenvalue weighted by atomic mass is 16.4. The first kappa shape index (κ1) is 12.8. The lowest BCUT2D eigenvalue weighted by Gasteiger charge is -2.41. The Labute approximate surface area is 116 Å². The van der Waals surface area contributed by atoms with E-state index in [2.05, 4.69) is 0 Å². The van der Waals surface area contributed by atoms with E-state index < -0.39 is 11.5 Å². The smallest absolute Gasteiger partial charge is 0.303 e.